The van der Waals surface area contributed by atoms with Crippen molar-refractivity contribution in [2.75, 3.05) is 16.5 Å². The zero-order valence-electron chi connectivity index (χ0n) is 15.5. The van der Waals surface area contributed by atoms with Crippen molar-refractivity contribution in [3.8, 4) is 0 Å². The van der Waals surface area contributed by atoms with Crippen molar-refractivity contribution >= 4 is 29.2 Å². The van der Waals surface area contributed by atoms with E-state index >= 15 is 0 Å². The van der Waals surface area contributed by atoms with Crippen LogP contribution >= 0.6 is 0 Å². The van der Waals surface area contributed by atoms with Gasteiger partial charge in [0.05, 0.1) is 23.6 Å². The molecule has 2 heterocycles. The van der Waals surface area contributed by atoms with Crippen molar-refractivity contribution in [3.05, 3.63) is 71.4 Å². The average Bonchev–Trinajstić information content (AvgIpc) is 3.21. The molecule has 0 unspecified atom stereocenters. The van der Waals surface area contributed by atoms with Crippen molar-refractivity contribution in [2.24, 2.45) is 0 Å². The number of rotatable bonds is 4. The maximum Gasteiger partial charge on any atom is 0.356 e. The number of aryl methyl sites for hydroxylation is 1. The number of amides is 2. The van der Waals surface area contributed by atoms with Gasteiger partial charge in [-0.3, -0.25) is 20.0 Å². The molecule has 142 valence electrons. The van der Waals surface area contributed by atoms with Gasteiger partial charge in [0.1, 0.15) is 0 Å². The van der Waals surface area contributed by atoms with Gasteiger partial charge >= 0.3 is 5.97 Å². The Morgan fingerprint density at radius 2 is 1.71 bits per heavy atom. The minimum Gasteiger partial charge on any atom is -0.461 e. The predicted octanol–water partition coefficient (Wildman–Crippen LogP) is 2.08. The fourth-order valence-electron chi connectivity index (χ4n) is 3.41. The van der Waals surface area contributed by atoms with Crippen molar-refractivity contribution in [2.45, 2.75) is 19.9 Å². The number of esters is 1. The van der Waals surface area contributed by atoms with Crippen LogP contribution in [-0.2, 0) is 19.1 Å². The number of hydrazine groups is 1. The molecule has 2 aliphatic rings. The summed E-state index contributed by atoms with van der Waals surface area (Å²) >= 11 is 0. The number of hydrogen-bond donors (Lipinski definition) is 1. The highest BCUT2D eigenvalue weighted by atomic mass is 16.5. The molecule has 1 saturated heterocycles. The Morgan fingerprint density at radius 3 is 2.36 bits per heavy atom. The first-order chi connectivity index (χ1) is 13.5. The van der Waals surface area contributed by atoms with Crippen molar-refractivity contribution in [1.29, 1.82) is 0 Å². The Labute approximate surface area is 162 Å². The summed E-state index contributed by atoms with van der Waals surface area (Å²) in [5, 5.41) is 1.54. The molecule has 0 spiro atoms. The van der Waals surface area contributed by atoms with E-state index in [1.807, 2.05) is 37.3 Å². The molecule has 7 heteroatoms. The molecule has 1 fully saturated rings. The van der Waals surface area contributed by atoms with E-state index in [0.29, 0.717) is 11.4 Å². The van der Waals surface area contributed by atoms with Crippen LogP contribution in [0.4, 0.5) is 11.4 Å². The normalized spacial score (nSPS) is 18.4. The predicted molar refractivity (Wildman–Crippen MR) is 103 cm³/mol. The first-order valence-corrected chi connectivity index (χ1v) is 9.00. The molecule has 2 aromatic rings. The summed E-state index contributed by atoms with van der Waals surface area (Å²) in [6.45, 7) is 3.77. The molecule has 2 amide bonds. The van der Waals surface area contributed by atoms with Gasteiger partial charge in [-0.2, -0.15) is 0 Å². The van der Waals surface area contributed by atoms with Gasteiger partial charge in [0.25, 0.3) is 11.8 Å². The fourth-order valence-corrected chi connectivity index (χ4v) is 3.41. The number of nitrogens with zero attached hydrogens (tertiary/aromatic N) is 2. The quantitative estimate of drug-likeness (QED) is 0.649. The third-order valence-electron chi connectivity index (χ3n) is 4.73. The lowest BCUT2D eigenvalue weighted by molar-refractivity contribution is -0.139. The topological polar surface area (TPSA) is 79.0 Å². The number of ether oxygens (including phenoxy) is 1. The average molecular weight is 377 g/mol. The Bertz CT molecular complexity index is 982. The monoisotopic (exact) mass is 377 g/mol. The van der Waals surface area contributed by atoms with E-state index in [4.69, 9.17) is 4.74 Å². The molecular formula is C21H19N3O4. The highest BCUT2D eigenvalue weighted by molar-refractivity contribution is 6.33. The minimum absolute atomic E-state index is 0.00339. The smallest absolute Gasteiger partial charge is 0.356 e. The van der Waals surface area contributed by atoms with Crippen LogP contribution in [0.2, 0.25) is 0 Å². The van der Waals surface area contributed by atoms with E-state index in [2.05, 4.69) is 5.43 Å². The standard InChI is InChI=1S/C21H19N3O4/c1-3-28-21(27)17-16-18(24(22-17)15-7-5-4-6-8-15)20(26)23(19(16)25)14-11-9-13(2)10-12-14/h4-12,18,22H,3H2,1-2H3/t18-/m0/s1. The van der Waals surface area contributed by atoms with Crippen molar-refractivity contribution in [3.63, 3.8) is 0 Å². The maximum absolute atomic E-state index is 13.2. The van der Waals surface area contributed by atoms with E-state index in [1.54, 1.807) is 31.2 Å². The highest BCUT2D eigenvalue weighted by Crippen LogP contribution is 2.36. The number of hydrogen-bond acceptors (Lipinski definition) is 6. The lowest BCUT2D eigenvalue weighted by Crippen LogP contribution is -2.46. The van der Waals surface area contributed by atoms with Gasteiger partial charge in [-0.25, -0.2) is 9.69 Å². The molecule has 0 bridgehead atoms. The van der Waals surface area contributed by atoms with E-state index in [1.165, 1.54) is 5.01 Å². The second-order valence-corrected chi connectivity index (χ2v) is 6.54. The summed E-state index contributed by atoms with van der Waals surface area (Å²) in [5.74, 6) is -1.60. The summed E-state index contributed by atoms with van der Waals surface area (Å²) in [6.07, 6.45) is 0. The first-order valence-electron chi connectivity index (χ1n) is 9.00. The van der Waals surface area contributed by atoms with Gasteiger partial charge in [-0.1, -0.05) is 35.9 Å². The number of fused-ring (bicyclic) bond motifs is 1. The number of carbonyl (C=O) groups excluding carboxylic acids is 3. The summed E-state index contributed by atoms with van der Waals surface area (Å²) in [4.78, 5) is 40.0. The Kier molecular flexibility index (Phi) is 4.35. The molecule has 4 rings (SSSR count). The highest BCUT2D eigenvalue weighted by Gasteiger charge is 2.54. The first kappa shape index (κ1) is 17.8. The van der Waals surface area contributed by atoms with E-state index < -0.39 is 23.8 Å². The van der Waals surface area contributed by atoms with E-state index in [0.717, 1.165) is 10.5 Å². The van der Waals surface area contributed by atoms with Crippen LogP contribution in [0.5, 0.6) is 0 Å². The molecule has 0 aromatic heterocycles. The van der Waals surface area contributed by atoms with Gasteiger partial charge in [-0.15, -0.1) is 0 Å². The van der Waals surface area contributed by atoms with E-state index in [9.17, 15) is 14.4 Å². The number of benzene rings is 2. The van der Waals surface area contributed by atoms with Crippen LogP contribution in [0.1, 0.15) is 12.5 Å². The number of imide groups is 1. The third-order valence-corrected chi connectivity index (χ3v) is 4.73. The van der Waals surface area contributed by atoms with Gasteiger partial charge in [0, 0.05) is 0 Å². The van der Waals surface area contributed by atoms with Crippen LogP contribution < -0.4 is 15.3 Å². The lowest BCUT2D eigenvalue weighted by atomic mass is 10.1. The van der Waals surface area contributed by atoms with Crippen LogP contribution in [0.3, 0.4) is 0 Å². The molecule has 7 nitrogen and oxygen atoms in total. The summed E-state index contributed by atoms with van der Waals surface area (Å²) in [6, 6.07) is 15.2. The Balaban J connectivity index is 1.81. The number of nitrogens with one attached hydrogen (secondary N) is 1. The molecular weight excluding hydrogens is 358 g/mol. The van der Waals surface area contributed by atoms with Gasteiger partial charge in [0.15, 0.2) is 11.7 Å². The second kappa shape index (κ2) is 6.84. The maximum atomic E-state index is 13.2. The minimum atomic E-state index is -0.935. The summed E-state index contributed by atoms with van der Waals surface area (Å²) < 4.78 is 5.09. The second-order valence-electron chi connectivity index (χ2n) is 6.54. The summed E-state index contributed by atoms with van der Waals surface area (Å²) in [5.41, 5.74) is 5.16. The molecule has 0 radical (unpaired) electrons. The van der Waals surface area contributed by atoms with Crippen molar-refractivity contribution in [1.82, 2.24) is 5.43 Å². The number of para-hydroxylation sites is 1. The number of anilines is 2. The van der Waals surface area contributed by atoms with Crippen molar-refractivity contribution < 1.29 is 19.1 Å². The molecule has 0 aliphatic carbocycles. The zero-order valence-corrected chi connectivity index (χ0v) is 15.5. The molecule has 1 N–H and O–H groups in total. The Hall–Kier alpha value is -3.61. The molecule has 0 saturated carbocycles. The lowest BCUT2D eigenvalue weighted by Gasteiger charge is -2.26. The van der Waals surface area contributed by atoms with Crippen LogP contribution in [0.15, 0.2) is 65.9 Å². The SMILES string of the molecule is CCOC(=O)C1=C2C(=O)N(c3ccc(C)cc3)C(=O)[C@H]2N(c2ccccc2)N1. The molecule has 1 atom stereocenters. The van der Waals surface area contributed by atoms with Gasteiger partial charge in [-0.05, 0) is 38.1 Å². The molecule has 2 aliphatic heterocycles. The molecule has 2 aromatic carbocycles. The Morgan fingerprint density at radius 1 is 1.04 bits per heavy atom. The van der Waals surface area contributed by atoms with Crippen LogP contribution in [0, 0.1) is 6.92 Å². The van der Waals surface area contributed by atoms with Crippen LogP contribution in [-0.4, -0.2) is 30.4 Å². The largest absolute Gasteiger partial charge is 0.461 e. The van der Waals surface area contributed by atoms with Gasteiger partial charge in [0.2, 0.25) is 0 Å². The van der Waals surface area contributed by atoms with Gasteiger partial charge < -0.3 is 4.74 Å². The van der Waals surface area contributed by atoms with E-state index in [-0.39, 0.29) is 17.9 Å². The zero-order chi connectivity index (χ0) is 19.8. The third kappa shape index (κ3) is 2.72. The molecule has 28 heavy (non-hydrogen) atoms. The number of carbonyl (C=O) groups is 3. The van der Waals surface area contributed by atoms with Crippen LogP contribution in [0.25, 0.3) is 0 Å². The fraction of sp³-hybridized carbons (Fsp3) is 0.190. The summed E-state index contributed by atoms with van der Waals surface area (Å²) in [7, 11) is 0.